The van der Waals surface area contributed by atoms with Crippen LogP contribution in [-0.2, 0) is 24.1 Å². The number of benzene rings is 2. The fourth-order valence-corrected chi connectivity index (χ4v) is 2.72. The zero-order valence-electron chi connectivity index (χ0n) is 14.8. The summed E-state index contributed by atoms with van der Waals surface area (Å²) in [5, 5.41) is 3.45. The molecule has 0 aromatic heterocycles. The number of anilines is 1. The average Bonchev–Trinajstić information content (AvgIpc) is 2.62. The van der Waals surface area contributed by atoms with Crippen LogP contribution in [0.3, 0.4) is 0 Å². The van der Waals surface area contributed by atoms with Crippen LogP contribution in [0.4, 0.5) is 5.69 Å². The molecule has 0 heterocycles. The maximum atomic E-state index is 11.3. The molecule has 0 spiro atoms. The molecule has 0 bridgehead atoms. The number of aryl methyl sites for hydroxylation is 2. The Hall–Kier alpha value is -2.37. The maximum Gasteiger partial charge on any atom is 0.238 e. The maximum absolute atomic E-state index is 11.3. The second-order valence-electron chi connectivity index (χ2n) is 6.38. The summed E-state index contributed by atoms with van der Waals surface area (Å²) >= 11 is 0. The summed E-state index contributed by atoms with van der Waals surface area (Å²) in [6.07, 6.45) is 3.24. The van der Waals surface area contributed by atoms with Crippen LogP contribution in [0.5, 0.6) is 0 Å². The molecule has 0 aliphatic rings. The summed E-state index contributed by atoms with van der Waals surface area (Å²) < 4.78 is 0. The molecule has 0 aliphatic heterocycles. The molecule has 0 saturated carbocycles. The molecule has 0 aliphatic carbocycles. The monoisotopic (exact) mass is 340 g/mol. The van der Waals surface area contributed by atoms with E-state index in [1.807, 2.05) is 12.1 Å². The largest absolute Gasteiger partial charge is 0.383 e. The zero-order chi connectivity index (χ0) is 18.1. The van der Waals surface area contributed by atoms with Crippen LogP contribution in [0, 0.1) is 0 Å². The SMILES string of the molecule is CC(CCN)Nc1ccc(CCc2ccc(CC(=O)NN)cc2)cc1. The van der Waals surface area contributed by atoms with Gasteiger partial charge in [0.25, 0.3) is 0 Å². The Bertz CT molecular complexity index is 652. The Morgan fingerprint density at radius 2 is 1.48 bits per heavy atom. The van der Waals surface area contributed by atoms with E-state index in [0.29, 0.717) is 19.0 Å². The van der Waals surface area contributed by atoms with Gasteiger partial charge in [-0.2, -0.15) is 0 Å². The highest BCUT2D eigenvalue weighted by molar-refractivity contribution is 5.77. The summed E-state index contributed by atoms with van der Waals surface area (Å²) in [6, 6.07) is 17.1. The van der Waals surface area contributed by atoms with Gasteiger partial charge < -0.3 is 11.1 Å². The van der Waals surface area contributed by atoms with Gasteiger partial charge in [0, 0.05) is 11.7 Å². The Morgan fingerprint density at radius 1 is 0.960 bits per heavy atom. The van der Waals surface area contributed by atoms with E-state index in [2.05, 4.69) is 54.1 Å². The Balaban J connectivity index is 1.83. The Morgan fingerprint density at radius 3 is 2.00 bits per heavy atom. The first-order chi connectivity index (χ1) is 12.1. The Labute approximate surface area is 149 Å². The van der Waals surface area contributed by atoms with Gasteiger partial charge in [-0.05, 0) is 61.6 Å². The first-order valence-corrected chi connectivity index (χ1v) is 8.73. The zero-order valence-corrected chi connectivity index (χ0v) is 14.8. The predicted octanol–water partition coefficient (Wildman–Crippen LogP) is 2.15. The first-order valence-electron chi connectivity index (χ1n) is 8.73. The number of nitrogens with two attached hydrogens (primary N) is 2. The van der Waals surface area contributed by atoms with Gasteiger partial charge in [0.2, 0.25) is 5.91 Å². The summed E-state index contributed by atoms with van der Waals surface area (Å²) in [5.74, 6) is 4.93. The molecule has 2 aromatic carbocycles. The number of hydrazine groups is 1. The summed E-state index contributed by atoms with van der Waals surface area (Å²) in [7, 11) is 0. The van der Waals surface area contributed by atoms with Gasteiger partial charge in [-0.25, -0.2) is 5.84 Å². The standard InChI is InChI=1S/C20H28N4O/c1-15(12-13-21)23-19-10-8-17(9-11-19)3-2-16-4-6-18(7-5-16)14-20(25)24-22/h4-11,15,23H,2-3,12-14,21-22H2,1H3,(H,24,25). The van der Waals surface area contributed by atoms with Gasteiger partial charge in [-0.1, -0.05) is 36.4 Å². The van der Waals surface area contributed by atoms with Gasteiger partial charge in [0.1, 0.15) is 0 Å². The van der Waals surface area contributed by atoms with Gasteiger partial charge in [-0.15, -0.1) is 0 Å². The number of hydrogen-bond donors (Lipinski definition) is 4. The van der Waals surface area contributed by atoms with Crippen LogP contribution >= 0.6 is 0 Å². The van der Waals surface area contributed by atoms with Gasteiger partial charge >= 0.3 is 0 Å². The molecule has 2 aromatic rings. The molecule has 134 valence electrons. The van der Waals surface area contributed by atoms with E-state index in [9.17, 15) is 4.79 Å². The highest BCUT2D eigenvalue weighted by atomic mass is 16.2. The second kappa shape index (κ2) is 9.81. The van der Waals surface area contributed by atoms with Crippen molar-refractivity contribution in [1.82, 2.24) is 5.43 Å². The second-order valence-corrected chi connectivity index (χ2v) is 6.38. The van der Waals surface area contributed by atoms with Crippen molar-refractivity contribution < 1.29 is 4.79 Å². The van der Waals surface area contributed by atoms with Crippen LogP contribution in [0.25, 0.3) is 0 Å². The van der Waals surface area contributed by atoms with E-state index < -0.39 is 0 Å². The molecule has 25 heavy (non-hydrogen) atoms. The third kappa shape index (κ3) is 6.57. The van der Waals surface area contributed by atoms with E-state index in [-0.39, 0.29) is 5.91 Å². The van der Waals surface area contributed by atoms with Crippen molar-refractivity contribution in [2.75, 3.05) is 11.9 Å². The van der Waals surface area contributed by atoms with Gasteiger partial charge in [0.05, 0.1) is 6.42 Å². The van der Waals surface area contributed by atoms with Crippen LogP contribution in [-0.4, -0.2) is 18.5 Å². The smallest absolute Gasteiger partial charge is 0.238 e. The number of nitrogens with one attached hydrogen (secondary N) is 2. The van der Waals surface area contributed by atoms with Gasteiger partial charge in [-0.3, -0.25) is 10.2 Å². The van der Waals surface area contributed by atoms with E-state index in [4.69, 9.17) is 11.6 Å². The first kappa shape index (κ1) is 19.0. The van der Waals surface area contributed by atoms with Crippen molar-refractivity contribution in [2.24, 2.45) is 11.6 Å². The summed E-state index contributed by atoms with van der Waals surface area (Å²) in [4.78, 5) is 11.3. The number of rotatable bonds is 9. The minimum Gasteiger partial charge on any atom is -0.383 e. The highest BCUT2D eigenvalue weighted by Gasteiger charge is 2.03. The normalized spacial score (nSPS) is 11.8. The van der Waals surface area contributed by atoms with E-state index >= 15 is 0 Å². The van der Waals surface area contributed by atoms with Crippen molar-refractivity contribution >= 4 is 11.6 Å². The minimum absolute atomic E-state index is 0.178. The lowest BCUT2D eigenvalue weighted by atomic mass is 10.0. The molecule has 6 N–H and O–H groups in total. The fraction of sp³-hybridized carbons (Fsp3) is 0.350. The van der Waals surface area contributed by atoms with E-state index in [1.165, 1.54) is 11.1 Å². The summed E-state index contributed by atoms with van der Waals surface area (Å²) in [6.45, 7) is 2.84. The lowest BCUT2D eigenvalue weighted by Crippen LogP contribution is -2.31. The predicted molar refractivity (Wildman–Crippen MR) is 103 cm³/mol. The molecule has 5 heteroatoms. The van der Waals surface area contributed by atoms with Crippen LogP contribution in [0.2, 0.25) is 0 Å². The van der Waals surface area contributed by atoms with Crippen molar-refractivity contribution in [1.29, 1.82) is 0 Å². The third-order valence-electron chi connectivity index (χ3n) is 4.22. The average molecular weight is 340 g/mol. The molecule has 2 rings (SSSR count). The van der Waals surface area contributed by atoms with Gasteiger partial charge in [0.15, 0.2) is 0 Å². The van der Waals surface area contributed by atoms with Crippen molar-refractivity contribution in [3.8, 4) is 0 Å². The lowest BCUT2D eigenvalue weighted by Gasteiger charge is -2.14. The third-order valence-corrected chi connectivity index (χ3v) is 4.22. The summed E-state index contributed by atoms with van der Waals surface area (Å²) in [5.41, 5.74) is 12.4. The quantitative estimate of drug-likeness (QED) is 0.320. The van der Waals surface area contributed by atoms with Crippen LogP contribution in [0.15, 0.2) is 48.5 Å². The molecule has 0 fully saturated rings. The molecular weight excluding hydrogens is 312 g/mol. The number of carbonyl (C=O) groups excluding carboxylic acids is 1. The molecular formula is C20H28N4O. The number of carbonyl (C=O) groups is 1. The molecule has 1 atom stereocenters. The van der Waals surface area contributed by atoms with Crippen molar-refractivity contribution in [3.63, 3.8) is 0 Å². The number of hydrogen-bond acceptors (Lipinski definition) is 4. The van der Waals surface area contributed by atoms with E-state index in [1.54, 1.807) is 0 Å². The molecule has 1 unspecified atom stereocenters. The lowest BCUT2D eigenvalue weighted by molar-refractivity contribution is -0.120. The minimum atomic E-state index is -0.178. The van der Waals surface area contributed by atoms with Crippen LogP contribution in [0.1, 0.15) is 30.0 Å². The molecule has 5 nitrogen and oxygen atoms in total. The topological polar surface area (TPSA) is 93.2 Å². The van der Waals surface area contributed by atoms with E-state index in [0.717, 1.165) is 30.5 Å². The molecule has 0 saturated heterocycles. The molecule has 0 radical (unpaired) electrons. The highest BCUT2D eigenvalue weighted by Crippen LogP contribution is 2.14. The van der Waals surface area contributed by atoms with Crippen molar-refractivity contribution in [2.45, 2.75) is 38.6 Å². The Kier molecular flexibility index (Phi) is 7.44. The fourth-order valence-electron chi connectivity index (χ4n) is 2.72. The van der Waals surface area contributed by atoms with Crippen LogP contribution < -0.4 is 22.3 Å². The number of amides is 1. The molecule has 1 amide bonds. The van der Waals surface area contributed by atoms with Crippen molar-refractivity contribution in [3.05, 3.63) is 65.2 Å².